The van der Waals surface area contributed by atoms with Gasteiger partial charge in [0.15, 0.2) is 9.84 Å². The molecule has 7 heteroatoms. The Hall–Kier alpha value is -2.93. The first kappa shape index (κ1) is 20.4. The molecular formula is C20H21NO5S. The van der Waals surface area contributed by atoms with Crippen LogP contribution in [0.2, 0.25) is 0 Å². The standard InChI is InChI=1S/C20H21NO5S/c1-3-26-19(22)14-11-15-9-12-16(13-10-15)21-20(23)17-7-5-6-8-18(17)27(24,25)4-2/h5-14H,3-4H2,1-2H3,(H,21,23). The van der Waals surface area contributed by atoms with Gasteiger partial charge in [0.05, 0.1) is 22.8 Å². The normalized spacial score (nSPS) is 11.3. The second-order valence-electron chi connectivity index (χ2n) is 5.56. The zero-order chi connectivity index (χ0) is 19.9. The first-order valence-corrected chi connectivity index (χ1v) is 10.1. The molecule has 0 aliphatic carbocycles. The van der Waals surface area contributed by atoms with Crippen LogP contribution in [0, 0.1) is 0 Å². The van der Waals surface area contributed by atoms with Gasteiger partial charge in [0, 0.05) is 11.8 Å². The molecule has 0 heterocycles. The van der Waals surface area contributed by atoms with Crippen molar-refractivity contribution >= 4 is 33.5 Å². The first-order chi connectivity index (χ1) is 12.9. The van der Waals surface area contributed by atoms with Crippen molar-refractivity contribution in [3.05, 3.63) is 65.7 Å². The van der Waals surface area contributed by atoms with E-state index in [1.807, 2.05) is 0 Å². The molecule has 27 heavy (non-hydrogen) atoms. The summed E-state index contributed by atoms with van der Waals surface area (Å²) in [6.45, 7) is 3.57. The Morgan fingerprint density at radius 1 is 1.04 bits per heavy atom. The highest BCUT2D eigenvalue weighted by atomic mass is 32.2. The summed E-state index contributed by atoms with van der Waals surface area (Å²) in [5, 5.41) is 2.69. The van der Waals surface area contributed by atoms with Crippen LogP contribution in [0.25, 0.3) is 6.08 Å². The Balaban J connectivity index is 2.15. The lowest BCUT2D eigenvalue weighted by molar-refractivity contribution is -0.137. The number of hydrogen-bond acceptors (Lipinski definition) is 5. The van der Waals surface area contributed by atoms with Crippen molar-refractivity contribution in [1.82, 2.24) is 0 Å². The maximum absolute atomic E-state index is 12.5. The molecule has 0 fully saturated rings. The summed E-state index contributed by atoms with van der Waals surface area (Å²) in [5.74, 6) is -1.01. The Morgan fingerprint density at radius 3 is 2.33 bits per heavy atom. The molecule has 0 bridgehead atoms. The average molecular weight is 387 g/mol. The predicted molar refractivity (Wildman–Crippen MR) is 104 cm³/mol. The molecule has 0 unspecified atom stereocenters. The second-order valence-corrected chi connectivity index (χ2v) is 7.81. The van der Waals surface area contributed by atoms with E-state index in [0.29, 0.717) is 12.3 Å². The van der Waals surface area contributed by atoms with Crippen LogP contribution in [-0.2, 0) is 19.4 Å². The lowest BCUT2D eigenvalue weighted by atomic mass is 10.1. The van der Waals surface area contributed by atoms with Crippen molar-refractivity contribution in [2.24, 2.45) is 0 Å². The van der Waals surface area contributed by atoms with Crippen LogP contribution in [0.5, 0.6) is 0 Å². The Kier molecular flexibility index (Phi) is 6.90. The Morgan fingerprint density at radius 2 is 1.70 bits per heavy atom. The molecule has 6 nitrogen and oxygen atoms in total. The maximum atomic E-state index is 12.5. The van der Waals surface area contributed by atoms with E-state index in [2.05, 4.69) is 5.32 Å². The zero-order valence-corrected chi connectivity index (χ0v) is 16.0. The summed E-state index contributed by atoms with van der Waals surface area (Å²) in [7, 11) is -3.51. The number of sulfone groups is 1. The van der Waals surface area contributed by atoms with Gasteiger partial charge >= 0.3 is 5.97 Å². The zero-order valence-electron chi connectivity index (χ0n) is 15.1. The number of carbonyl (C=O) groups is 2. The molecular weight excluding hydrogens is 366 g/mol. The molecule has 0 atom stereocenters. The molecule has 2 aromatic carbocycles. The molecule has 2 rings (SSSR count). The van der Waals surface area contributed by atoms with Crippen LogP contribution >= 0.6 is 0 Å². The number of amides is 1. The summed E-state index contributed by atoms with van der Waals surface area (Å²) in [6, 6.07) is 12.9. The van der Waals surface area contributed by atoms with Crippen LogP contribution in [0.1, 0.15) is 29.8 Å². The fourth-order valence-corrected chi connectivity index (χ4v) is 3.40. The molecule has 1 N–H and O–H groups in total. The monoisotopic (exact) mass is 387 g/mol. The first-order valence-electron chi connectivity index (χ1n) is 8.45. The third kappa shape index (κ3) is 5.52. The average Bonchev–Trinajstić information content (AvgIpc) is 2.67. The van der Waals surface area contributed by atoms with Gasteiger partial charge < -0.3 is 10.1 Å². The largest absolute Gasteiger partial charge is 0.463 e. The minimum absolute atomic E-state index is 0.0130. The summed E-state index contributed by atoms with van der Waals surface area (Å²) < 4.78 is 29.1. The van der Waals surface area contributed by atoms with Gasteiger partial charge in [-0.3, -0.25) is 4.79 Å². The number of rotatable bonds is 7. The summed E-state index contributed by atoms with van der Waals surface area (Å²) in [5.41, 5.74) is 1.37. The van der Waals surface area contributed by atoms with E-state index in [9.17, 15) is 18.0 Å². The van der Waals surface area contributed by atoms with E-state index in [-0.39, 0.29) is 16.2 Å². The molecule has 0 aliphatic heterocycles. The smallest absolute Gasteiger partial charge is 0.330 e. The summed E-state index contributed by atoms with van der Waals surface area (Å²) in [6.07, 6.45) is 2.93. The predicted octanol–water partition coefficient (Wildman–Crippen LogP) is 3.31. The fourth-order valence-electron chi connectivity index (χ4n) is 2.31. The number of carbonyl (C=O) groups excluding carboxylic acids is 2. The minimum atomic E-state index is -3.51. The Bertz CT molecular complexity index is 947. The lowest BCUT2D eigenvalue weighted by Gasteiger charge is -2.10. The van der Waals surface area contributed by atoms with Gasteiger partial charge in [0.25, 0.3) is 5.91 Å². The van der Waals surface area contributed by atoms with Gasteiger partial charge in [-0.1, -0.05) is 31.2 Å². The van der Waals surface area contributed by atoms with Crippen molar-refractivity contribution in [2.75, 3.05) is 17.7 Å². The van der Waals surface area contributed by atoms with Crippen LogP contribution in [0.4, 0.5) is 5.69 Å². The van der Waals surface area contributed by atoms with E-state index in [0.717, 1.165) is 5.56 Å². The van der Waals surface area contributed by atoms with Crippen molar-refractivity contribution in [3.8, 4) is 0 Å². The number of anilines is 1. The van der Waals surface area contributed by atoms with Gasteiger partial charge in [-0.15, -0.1) is 0 Å². The molecule has 2 aromatic rings. The highest BCUT2D eigenvalue weighted by Gasteiger charge is 2.20. The molecule has 0 saturated heterocycles. The molecule has 0 radical (unpaired) electrons. The maximum Gasteiger partial charge on any atom is 0.330 e. The van der Waals surface area contributed by atoms with E-state index in [1.54, 1.807) is 49.4 Å². The van der Waals surface area contributed by atoms with Gasteiger partial charge in [-0.25, -0.2) is 13.2 Å². The lowest BCUT2D eigenvalue weighted by Crippen LogP contribution is -2.17. The van der Waals surface area contributed by atoms with Gasteiger partial charge in [0.2, 0.25) is 0 Å². The van der Waals surface area contributed by atoms with E-state index in [4.69, 9.17) is 4.74 Å². The number of nitrogens with one attached hydrogen (secondary N) is 1. The highest BCUT2D eigenvalue weighted by molar-refractivity contribution is 7.91. The molecule has 0 aromatic heterocycles. The quantitative estimate of drug-likeness (QED) is 0.581. The van der Waals surface area contributed by atoms with E-state index < -0.39 is 21.7 Å². The second kappa shape index (κ2) is 9.14. The van der Waals surface area contributed by atoms with Gasteiger partial charge in [-0.2, -0.15) is 0 Å². The van der Waals surface area contributed by atoms with Crippen molar-refractivity contribution in [3.63, 3.8) is 0 Å². The van der Waals surface area contributed by atoms with E-state index in [1.165, 1.54) is 25.1 Å². The third-order valence-electron chi connectivity index (χ3n) is 3.71. The topological polar surface area (TPSA) is 89.5 Å². The van der Waals surface area contributed by atoms with Crippen molar-refractivity contribution in [2.45, 2.75) is 18.7 Å². The van der Waals surface area contributed by atoms with Crippen LogP contribution in [0.3, 0.4) is 0 Å². The van der Waals surface area contributed by atoms with Gasteiger partial charge in [-0.05, 0) is 42.8 Å². The van der Waals surface area contributed by atoms with Crippen molar-refractivity contribution < 1.29 is 22.7 Å². The molecule has 1 amide bonds. The number of esters is 1. The Labute approximate surface area is 158 Å². The van der Waals surface area contributed by atoms with Crippen LogP contribution in [-0.4, -0.2) is 32.7 Å². The molecule has 0 saturated carbocycles. The minimum Gasteiger partial charge on any atom is -0.463 e. The van der Waals surface area contributed by atoms with Crippen LogP contribution < -0.4 is 5.32 Å². The highest BCUT2D eigenvalue weighted by Crippen LogP contribution is 2.19. The fraction of sp³-hybridized carbons (Fsp3) is 0.200. The third-order valence-corrected chi connectivity index (χ3v) is 5.50. The van der Waals surface area contributed by atoms with Gasteiger partial charge in [0.1, 0.15) is 0 Å². The molecule has 142 valence electrons. The number of ether oxygens (including phenoxy) is 1. The molecule has 0 spiro atoms. The molecule has 0 aliphatic rings. The SMILES string of the molecule is CCOC(=O)C=Cc1ccc(NC(=O)c2ccccc2S(=O)(=O)CC)cc1. The number of benzene rings is 2. The summed E-state index contributed by atoms with van der Waals surface area (Å²) in [4.78, 5) is 23.8. The summed E-state index contributed by atoms with van der Waals surface area (Å²) >= 11 is 0. The van der Waals surface area contributed by atoms with Crippen molar-refractivity contribution in [1.29, 1.82) is 0 Å². The number of hydrogen-bond donors (Lipinski definition) is 1. The van der Waals surface area contributed by atoms with E-state index >= 15 is 0 Å². The van der Waals surface area contributed by atoms with Crippen LogP contribution in [0.15, 0.2) is 59.5 Å².